The molecule has 0 saturated carbocycles. The van der Waals surface area contributed by atoms with E-state index in [1.54, 1.807) is 11.8 Å². The SMILES string of the molecule is Cc1ccc(C)c(SCC(=O)N2CCCC(N3CCNCC3=O)C2)c1.Cl. The summed E-state index contributed by atoms with van der Waals surface area (Å²) < 4.78 is 0. The highest BCUT2D eigenvalue weighted by Gasteiger charge is 2.31. The predicted molar refractivity (Wildman–Crippen MR) is 108 cm³/mol. The van der Waals surface area contributed by atoms with Gasteiger partial charge in [0, 0.05) is 37.1 Å². The summed E-state index contributed by atoms with van der Waals surface area (Å²) in [5.41, 5.74) is 2.43. The summed E-state index contributed by atoms with van der Waals surface area (Å²) in [7, 11) is 0. The molecule has 26 heavy (non-hydrogen) atoms. The van der Waals surface area contributed by atoms with Crippen LogP contribution in [-0.2, 0) is 9.59 Å². The smallest absolute Gasteiger partial charge is 0.236 e. The van der Waals surface area contributed by atoms with Crippen LogP contribution in [-0.4, -0.2) is 66.1 Å². The Labute approximate surface area is 166 Å². The van der Waals surface area contributed by atoms with Gasteiger partial charge in [-0.2, -0.15) is 0 Å². The van der Waals surface area contributed by atoms with Crippen LogP contribution in [0.25, 0.3) is 0 Å². The number of rotatable bonds is 4. The molecule has 0 bridgehead atoms. The highest BCUT2D eigenvalue weighted by atomic mass is 35.5. The highest BCUT2D eigenvalue weighted by Crippen LogP contribution is 2.25. The fourth-order valence-corrected chi connectivity index (χ4v) is 4.56. The second-order valence-electron chi connectivity index (χ2n) is 6.96. The zero-order valence-corrected chi connectivity index (χ0v) is 17.1. The molecule has 2 amide bonds. The number of aryl methyl sites for hydroxylation is 2. The number of likely N-dealkylation sites (tertiary alicyclic amines) is 1. The lowest BCUT2D eigenvalue weighted by atomic mass is 10.0. The molecule has 2 fully saturated rings. The second kappa shape index (κ2) is 9.62. The molecule has 2 aliphatic heterocycles. The molecule has 5 nitrogen and oxygen atoms in total. The van der Waals surface area contributed by atoms with Crippen LogP contribution in [0.5, 0.6) is 0 Å². The molecule has 7 heteroatoms. The molecule has 0 spiro atoms. The number of nitrogens with one attached hydrogen (secondary N) is 1. The maximum Gasteiger partial charge on any atom is 0.236 e. The summed E-state index contributed by atoms with van der Waals surface area (Å²) in [6.07, 6.45) is 1.97. The summed E-state index contributed by atoms with van der Waals surface area (Å²) >= 11 is 1.62. The highest BCUT2D eigenvalue weighted by molar-refractivity contribution is 8.00. The van der Waals surface area contributed by atoms with Gasteiger partial charge in [-0.3, -0.25) is 9.59 Å². The Morgan fingerprint density at radius 3 is 2.88 bits per heavy atom. The molecule has 2 aliphatic rings. The zero-order chi connectivity index (χ0) is 17.8. The number of thioether (sulfide) groups is 1. The topological polar surface area (TPSA) is 52.7 Å². The molecular formula is C19H28ClN3O2S. The average molecular weight is 398 g/mol. The molecular weight excluding hydrogens is 370 g/mol. The third-order valence-corrected chi connectivity index (χ3v) is 6.15. The van der Waals surface area contributed by atoms with Crippen molar-refractivity contribution in [1.29, 1.82) is 0 Å². The first-order valence-corrected chi connectivity index (χ1v) is 10.0. The van der Waals surface area contributed by atoms with Crippen molar-refractivity contribution in [3.8, 4) is 0 Å². The molecule has 144 valence electrons. The van der Waals surface area contributed by atoms with Crippen LogP contribution >= 0.6 is 24.2 Å². The third-order valence-electron chi connectivity index (χ3n) is 5.01. The minimum absolute atomic E-state index is 0. The van der Waals surface area contributed by atoms with E-state index in [-0.39, 0.29) is 30.3 Å². The van der Waals surface area contributed by atoms with Gasteiger partial charge in [0.25, 0.3) is 0 Å². The number of carbonyl (C=O) groups is 2. The van der Waals surface area contributed by atoms with E-state index in [4.69, 9.17) is 0 Å². The summed E-state index contributed by atoms with van der Waals surface area (Å²) in [6, 6.07) is 6.53. The van der Waals surface area contributed by atoms with Crippen LogP contribution in [0.4, 0.5) is 0 Å². The fourth-order valence-electron chi connectivity index (χ4n) is 3.54. The second-order valence-corrected chi connectivity index (χ2v) is 7.97. The van der Waals surface area contributed by atoms with E-state index in [1.807, 2.05) is 9.80 Å². The van der Waals surface area contributed by atoms with Crippen LogP contribution in [0.1, 0.15) is 24.0 Å². The minimum atomic E-state index is 0. The van der Waals surface area contributed by atoms with Gasteiger partial charge in [-0.15, -0.1) is 24.2 Å². The lowest BCUT2D eigenvalue weighted by Crippen LogP contribution is -2.57. The Kier molecular flexibility index (Phi) is 7.80. The molecule has 1 unspecified atom stereocenters. The van der Waals surface area contributed by atoms with Gasteiger partial charge in [0.05, 0.1) is 12.3 Å². The molecule has 2 saturated heterocycles. The number of piperazine rings is 1. The van der Waals surface area contributed by atoms with Gasteiger partial charge in [-0.05, 0) is 38.3 Å². The van der Waals surface area contributed by atoms with E-state index in [0.717, 1.165) is 32.5 Å². The number of halogens is 1. The number of nitrogens with zero attached hydrogens (tertiary/aromatic N) is 2. The van der Waals surface area contributed by atoms with Crippen molar-refractivity contribution >= 4 is 36.0 Å². The standard InChI is InChI=1S/C19H27N3O2S.ClH/c1-14-5-6-15(2)17(10-14)25-13-19(24)21-8-3-4-16(12-21)22-9-7-20-11-18(22)23;/h5-6,10,16,20H,3-4,7-9,11-13H2,1-2H3;1H. The minimum Gasteiger partial charge on any atom is -0.340 e. The Morgan fingerprint density at radius 2 is 2.12 bits per heavy atom. The Bertz CT molecular complexity index is 656. The van der Waals surface area contributed by atoms with Gasteiger partial charge < -0.3 is 15.1 Å². The molecule has 1 aromatic rings. The zero-order valence-electron chi connectivity index (χ0n) is 15.5. The maximum absolute atomic E-state index is 12.7. The lowest BCUT2D eigenvalue weighted by Gasteiger charge is -2.41. The largest absolute Gasteiger partial charge is 0.340 e. The van der Waals surface area contributed by atoms with Crippen molar-refractivity contribution < 1.29 is 9.59 Å². The first-order chi connectivity index (χ1) is 12.0. The van der Waals surface area contributed by atoms with E-state index >= 15 is 0 Å². The summed E-state index contributed by atoms with van der Waals surface area (Å²) in [5, 5.41) is 3.11. The van der Waals surface area contributed by atoms with Crippen molar-refractivity contribution in [2.75, 3.05) is 38.5 Å². The number of amides is 2. The lowest BCUT2D eigenvalue weighted by molar-refractivity contribution is -0.139. The van der Waals surface area contributed by atoms with Gasteiger partial charge in [0.2, 0.25) is 11.8 Å². The van der Waals surface area contributed by atoms with Crippen molar-refractivity contribution in [3.63, 3.8) is 0 Å². The fraction of sp³-hybridized carbons (Fsp3) is 0.579. The molecule has 0 aromatic heterocycles. The van der Waals surface area contributed by atoms with E-state index in [1.165, 1.54) is 16.0 Å². The molecule has 1 N–H and O–H groups in total. The van der Waals surface area contributed by atoms with Gasteiger partial charge in [0.15, 0.2) is 0 Å². The van der Waals surface area contributed by atoms with Crippen LogP contribution in [0.15, 0.2) is 23.1 Å². The number of piperidine rings is 1. The molecule has 2 heterocycles. The van der Waals surface area contributed by atoms with Crippen LogP contribution in [0, 0.1) is 13.8 Å². The average Bonchev–Trinajstić information content (AvgIpc) is 2.62. The molecule has 0 radical (unpaired) electrons. The van der Waals surface area contributed by atoms with Crippen LogP contribution in [0.3, 0.4) is 0 Å². The van der Waals surface area contributed by atoms with Crippen molar-refractivity contribution in [1.82, 2.24) is 15.1 Å². The molecule has 0 aliphatic carbocycles. The normalized spacial score (nSPS) is 20.7. The number of benzene rings is 1. The Morgan fingerprint density at radius 1 is 1.31 bits per heavy atom. The van der Waals surface area contributed by atoms with Gasteiger partial charge in [0.1, 0.15) is 0 Å². The summed E-state index contributed by atoms with van der Waals surface area (Å²) in [4.78, 5) is 29.9. The summed E-state index contributed by atoms with van der Waals surface area (Å²) in [5.74, 6) is 0.806. The van der Waals surface area contributed by atoms with Crippen molar-refractivity contribution in [2.45, 2.75) is 37.6 Å². The molecule has 1 atom stereocenters. The quantitative estimate of drug-likeness (QED) is 0.791. The van der Waals surface area contributed by atoms with Gasteiger partial charge in [-0.1, -0.05) is 17.7 Å². The van der Waals surface area contributed by atoms with E-state index in [2.05, 4.69) is 37.4 Å². The van der Waals surface area contributed by atoms with E-state index in [9.17, 15) is 9.59 Å². The first-order valence-electron chi connectivity index (χ1n) is 9.02. The number of carbonyl (C=O) groups excluding carboxylic acids is 2. The summed E-state index contributed by atoms with van der Waals surface area (Å²) in [6.45, 7) is 7.67. The third kappa shape index (κ3) is 5.15. The predicted octanol–water partition coefficient (Wildman–Crippen LogP) is 2.24. The van der Waals surface area contributed by atoms with E-state index in [0.29, 0.717) is 18.8 Å². The first kappa shape index (κ1) is 21.1. The van der Waals surface area contributed by atoms with Gasteiger partial charge in [-0.25, -0.2) is 0 Å². The van der Waals surface area contributed by atoms with E-state index < -0.39 is 0 Å². The van der Waals surface area contributed by atoms with Crippen molar-refractivity contribution in [2.24, 2.45) is 0 Å². The van der Waals surface area contributed by atoms with Crippen LogP contribution < -0.4 is 5.32 Å². The van der Waals surface area contributed by atoms with Crippen LogP contribution in [0.2, 0.25) is 0 Å². The maximum atomic E-state index is 12.7. The Balaban J connectivity index is 0.00000243. The number of hydrogen-bond donors (Lipinski definition) is 1. The molecule has 1 aromatic carbocycles. The Hall–Kier alpha value is -1.24. The number of hydrogen-bond acceptors (Lipinski definition) is 4. The molecule has 3 rings (SSSR count). The monoisotopic (exact) mass is 397 g/mol. The van der Waals surface area contributed by atoms with Crippen molar-refractivity contribution in [3.05, 3.63) is 29.3 Å². The van der Waals surface area contributed by atoms with Gasteiger partial charge >= 0.3 is 0 Å².